The summed E-state index contributed by atoms with van der Waals surface area (Å²) in [4.78, 5) is 13.4. The summed E-state index contributed by atoms with van der Waals surface area (Å²) < 4.78 is 5.56. The molecule has 30 heavy (non-hydrogen) atoms. The topological polar surface area (TPSA) is 79.0 Å². The molecule has 1 aliphatic carbocycles. The minimum Gasteiger partial charge on any atom is -0.446 e. The molecule has 0 spiro atoms. The fraction of sp³-hybridized carbons (Fsp3) is 0.522. The van der Waals surface area contributed by atoms with E-state index >= 15 is 0 Å². The molecule has 3 atom stereocenters. The van der Waals surface area contributed by atoms with Gasteiger partial charge in [0, 0.05) is 34.3 Å². The molecule has 0 bridgehead atoms. The number of aromatic amines is 1. The first kappa shape index (κ1) is 21.0. The Morgan fingerprint density at radius 1 is 1.37 bits per heavy atom. The number of rotatable bonds is 5. The predicted molar refractivity (Wildman–Crippen MR) is 124 cm³/mol. The molecule has 1 aromatic heterocycles. The van der Waals surface area contributed by atoms with E-state index in [0.29, 0.717) is 5.92 Å². The van der Waals surface area contributed by atoms with Gasteiger partial charge in [-0.1, -0.05) is 11.4 Å². The third-order valence-electron chi connectivity index (χ3n) is 5.94. The minimum absolute atomic E-state index is 0.0305. The zero-order chi connectivity index (χ0) is 21.3. The second kappa shape index (κ2) is 8.84. The number of fused-ring (bicyclic) bond motifs is 1. The second-order valence-electron chi connectivity index (χ2n) is 8.53. The summed E-state index contributed by atoms with van der Waals surface area (Å²) >= 11 is 0. The molecular weight excluding hydrogens is 396 g/mol. The Labute approximate surface area is 181 Å². The molecule has 1 aromatic carbocycles. The first-order chi connectivity index (χ1) is 14.4. The van der Waals surface area contributed by atoms with E-state index in [0.717, 1.165) is 37.2 Å². The van der Waals surface area contributed by atoms with Crippen molar-refractivity contribution in [1.82, 2.24) is 15.5 Å². The van der Waals surface area contributed by atoms with Gasteiger partial charge in [0.25, 0.3) is 0 Å². The van der Waals surface area contributed by atoms with Crippen LogP contribution in [0.2, 0.25) is 0 Å². The van der Waals surface area contributed by atoms with Crippen molar-refractivity contribution in [2.45, 2.75) is 76.3 Å². The third kappa shape index (κ3) is 4.41. The summed E-state index contributed by atoms with van der Waals surface area (Å²) in [6, 6.07) is 6.58. The van der Waals surface area contributed by atoms with Crippen molar-refractivity contribution in [1.29, 1.82) is 0 Å². The zero-order valence-electron chi connectivity index (χ0n) is 18.2. The van der Waals surface area contributed by atoms with Gasteiger partial charge in [-0.05, 0) is 76.3 Å². The highest BCUT2D eigenvalue weighted by Gasteiger charge is 2.30. The highest BCUT2D eigenvalue weighted by molar-refractivity contribution is 8.15. The monoisotopic (exact) mass is 428 g/mol. The third-order valence-corrected chi connectivity index (χ3v) is 8.25. The first-order valence-corrected chi connectivity index (χ1v) is 12.3. The van der Waals surface area contributed by atoms with Gasteiger partial charge in [-0.2, -0.15) is 15.6 Å². The van der Waals surface area contributed by atoms with Crippen molar-refractivity contribution in [3.63, 3.8) is 0 Å². The zero-order valence-corrected chi connectivity index (χ0v) is 19.1. The fourth-order valence-corrected chi connectivity index (χ4v) is 6.63. The van der Waals surface area contributed by atoms with Gasteiger partial charge in [0.15, 0.2) is 5.82 Å². The standard InChI is InChI=1S/C23H32N4O2S/c1-5-30-11-10-18-19(9-6-15(4)22(18)30)25-21-13-20(26-27-21)16-7-8-17(12-16)29-23(28)24-14(2)3/h5-6,9,13-14,16-17H,7-8,10-12H2,1-4H3,(H,24,28)(H2,25,26,27)/t16-,17+,30?/m0/s1. The number of aromatic nitrogens is 2. The second-order valence-corrected chi connectivity index (χ2v) is 10.7. The molecule has 0 saturated heterocycles. The summed E-state index contributed by atoms with van der Waals surface area (Å²) in [5.41, 5.74) is 5.10. The fourth-order valence-electron chi connectivity index (χ4n) is 4.52. The van der Waals surface area contributed by atoms with Crippen LogP contribution < -0.4 is 10.6 Å². The van der Waals surface area contributed by atoms with Crippen molar-refractivity contribution in [2.75, 3.05) is 11.1 Å². The van der Waals surface area contributed by atoms with E-state index in [-0.39, 0.29) is 28.7 Å². The van der Waals surface area contributed by atoms with Gasteiger partial charge in [0.2, 0.25) is 0 Å². The lowest BCUT2D eigenvalue weighted by Gasteiger charge is -2.14. The van der Waals surface area contributed by atoms with Crippen LogP contribution in [0.15, 0.2) is 23.1 Å². The van der Waals surface area contributed by atoms with Crippen molar-refractivity contribution in [3.05, 3.63) is 35.0 Å². The van der Waals surface area contributed by atoms with E-state index in [1.165, 1.54) is 27.5 Å². The molecule has 7 heteroatoms. The minimum atomic E-state index is -0.320. The number of nitrogens with one attached hydrogen (secondary N) is 3. The van der Waals surface area contributed by atoms with Crippen molar-refractivity contribution < 1.29 is 9.53 Å². The molecule has 1 amide bonds. The lowest BCUT2D eigenvalue weighted by atomic mass is 10.0. The Morgan fingerprint density at radius 3 is 2.97 bits per heavy atom. The summed E-state index contributed by atoms with van der Waals surface area (Å²) in [5, 5.41) is 16.4. The molecule has 6 nitrogen and oxygen atoms in total. The molecule has 1 fully saturated rings. The van der Waals surface area contributed by atoms with Crippen molar-refractivity contribution in [3.8, 4) is 0 Å². The van der Waals surface area contributed by atoms with Crippen LogP contribution in [0, 0.1) is 6.92 Å². The number of alkyl carbamates (subject to hydrolysis) is 1. The lowest BCUT2D eigenvalue weighted by molar-refractivity contribution is 0.0981. The quantitative estimate of drug-likeness (QED) is 0.569. The molecule has 1 aliphatic heterocycles. The number of benzene rings is 1. The Kier molecular flexibility index (Phi) is 6.18. The average molecular weight is 429 g/mol. The van der Waals surface area contributed by atoms with E-state index in [9.17, 15) is 4.79 Å². The Balaban J connectivity index is 1.42. The van der Waals surface area contributed by atoms with Gasteiger partial charge in [-0.3, -0.25) is 5.10 Å². The smallest absolute Gasteiger partial charge is 0.407 e. The van der Waals surface area contributed by atoms with E-state index in [2.05, 4.69) is 58.2 Å². The summed E-state index contributed by atoms with van der Waals surface area (Å²) in [7, 11) is 0.261. The largest absolute Gasteiger partial charge is 0.446 e. The molecular formula is C23H32N4O2S. The van der Waals surface area contributed by atoms with Crippen LogP contribution in [0.4, 0.5) is 16.3 Å². The number of nitrogens with zero attached hydrogens (tertiary/aromatic N) is 1. The van der Waals surface area contributed by atoms with Crippen LogP contribution in [0.25, 0.3) is 0 Å². The highest BCUT2D eigenvalue weighted by Crippen LogP contribution is 2.44. The molecule has 3 N–H and O–H groups in total. The predicted octanol–water partition coefficient (Wildman–Crippen LogP) is 5.24. The number of aryl methyl sites for hydroxylation is 1. The van der Waals surface area contributed by atoms with E-state index in [4.69, 9.17) is 4.74 Å². The van der Waals surface area contributed by atoms with Crippen molar-refractivity contribution >= 4 is 33.5 Å². The molecule has 1 saturated carbocycles. The number of carbonyl (C=O) groups excluding carboxylic acids is 1. The highest BCUT2D eigenvalue weighted by atomic mass is 32.2. The summed E-state index contributed by atoms with van der Waals surface area (Å²) in [6.45, 7) is 8.25. The molecule has 1 unspecified atom stereocenters. The maximum Gasteiger partial charge on any atom is 0.407 e. The number of hydrogen-bond donors (Lipinski definition) is 3. The average Bonchev–Trinajstić information content (AvgIpc) is 3.42. The molecule has 162 valence electrons. The van der Waals surface area contributed by atoms with Gasteiger partial charge in [0.05, 0.1) is 0 Å². The van der Waals surface area contributed by atoms with Crippen LogP contribution in [0.3, 0.4) is 0 Å². The Morgan fingerprint density at radius 2 is 2.20 bits per heavy atom. The Bertz CT molecular complexity index is 966. The van der Waals surface area contributed by atoms with Crippen LogP contribution in [0.5, 0.6) is 0 Å². The molecule has 0 radical (unpaired) electrons. The summed E-state index contributed by atoms with van der Waals surface area (Å²) in [6.07, 6.45) is 3.48. The van der Waals surface area contributed by atoms with Crippen LogP contribution in [-0.2, 0) is 11.2 Å². The lowest BCUT2D eigenvalue weighted by Crippen LogP contribution is -2.33. The van der Waals surface area contributed by atoms with Gasteiger partial charge in [0.1, 0.15) is 6.10 Å². The number of hydrogen-bond acceptors (Lipinski definition) is 4. The van der Waals surface area contributed by atoms with E-state index < -0.39 is 0 Å². The van der Waals surface area contributed by atoms with Gasteiger partial charge in [-0.25, -0.2) is 4.79 Å². The van der Waals surface area contributed by atoms with Crippen molar-refractivity contribution in [2.24, 2.45) is 0 Å². The summed E-state index contributed by atoms with van der Waals surface area (Å²) in [5.74, 6) is 2.41. The molecule has 4 rings (SSSR count). The van der Waals surface area contributed by atoms with E-state index in [1.807, 2.05) is 13.8 Å². The number of ether oxygens (including phenoxy) is 1. The SMILES string of the molecule is C/C=S1\CCc2c(Nc3cc([C@H]4CC[C@@H](OC(=O)NC(C)C)C4)[nH]n3)ccc(C)c21. The number of amides is 1. The van der Waals surface area contributed by atoms with Gasteiger partial charge < -0.3 is 15.4 Å². The Hall–Kier alpha value is -2.28. The van der Waals surface area contributed by atoms with Crippen LogP contribution in [-0.4, -0.2) is 39.6 Å². The normalized spacial score (nSPS) is 23.0. The van der Waals surface area contributed by atoms with Gasteiger partial charge >= 0.3 is 6.09 Å². The number of H-pyrrole nitrogens is 1. The van der Waals surface area contributed by atoms with Gasteiger partial charge in [-0.15, -0.1) is 0 Å². The maximum absolute atomic E-state index is 11.9. The van der Waals surface area contributed by atoms with Crippen LogP contribution >= 0.6 is 10.5 Å². The van der Waals surface area contributed by atoms with Crippen LogP contribution in [0.1, 0.15) is 62.8 Å². The molecule has 2 heterocycles. The maximum atomic E-state index is 11.9. The molecule has 2 aromatic rings. The molecule has 2 aliphatic rings. The van der Waals surface area contributed by atoms with E-state index in [1.54, 1.807) is 0 Å². The number of carbonyl (C=O) groups is 1. The number of anilines is 2. The first-order valence-electron chi connectivity index (χ1n) is 10.9.